The first-order chi connectivity index (χ1) is 14.5. The van der Waals surface area contributed by atoms with Crippen LogP contribution in [0, 0.1) is 11.5 Å². The summed E-state index contributed by atoms with van der Waals surface area (Å²) in [5, 5.41) is 29.1. The van der Waals surface area contributed by atoms with Crippen LogP contribution in [0.4, 0.5) is 4.39 Å². The second-order valence-corrected chi connectivity index (χ2v) is 10.1. The van der Waals surface area contributed by atoms with Gasteiger partial charge in [0.2, 0.25) is 5.60 Å². The highest BCUT2D eigenvalue weighted by Gasteiger charge is 2.49. The molecule has 0 aliphatic heterocycles. The Morgan fingerprint density at radius 2 is 1.75 bits per heavy atom. The van der Waals surface area contributed by atoms with Crippen LogP contribution in [-0.2, 0) is 31.6 Å². The van der Waals surface area contributed by atoms with E-state index >= 15 is 0 Å². The summed E-state index contributed by atoms with van der Waals surface area (Å²) in [5.41, 5.74) is -5.26. The number of nitriles is 1. The van der Waals surface area contributed by atoms with Crippen molar-refractivity contribution in [2.75, 3.05) is 13.3 Å². The molecule has 0 aromatic carbocycles. The lowest BCUT2D eigenvalue weighted by atomic mass is 9.97. The van der Waals surface area contributed by atoms with E-state index in [0.29, 0.717) is 12.3 Å². The Labute approximate surface area is 175 Å². The topological polar surface area (TPSA) is 288 Å². The Morgan fingerprint density at radius 1 is 1.16 bits per heavy atom. The Bertz CT molecular complexity index is 1110. The minimum absolute atomic E-state index is 0.252. The lowest BCUT2D eigenvalue weighted by Gasteiger charge is -2.35. The second-order valence-electron chi connectivity index (χ2n) is 5.63. The van der Waals surface area contributed by atoms with Gasteiger partial charge in [-0.05, 0) is 0 Å². The maximum Gasteiger partial charge on any atom is 0.490 e. The Hall–Kier alpha value is -1.77. The third-order valence-electron chi connectivity index (χ3n) is 3.32. The fourth-order valence-electron chi connectivity index (χ4n) is 1.96. The number of aliphatic hydroxyl groups is 2. The van der Waals surface area contributed by atoms with Gasteiger partial charge in [-0.1, -0.05) is 0 Å². The summed E-state index contributed by atoms with van der Waals surface area (Å²) < 4.78 is 62.9. The lowest BCUT2D eigenvalue weighted by molar-refractivity contribution is -0.170. The molecule has 0 amide bonds. The minimum Gasteiger partial charge on any atom is -0.413 e. The number of aromatic nitrogens is 2. The van der Waals surface area contributed by atoms with E-state index in [-0.39, 0.29) is 4.57 Å². The van der Waals surface area contributed by atoms with Gasteiger partial charge in [0.15, 0.2) is 6.23 Å². The molecular weight excluding hydrogens is 514 g/mol. The number of nitrogens with one attached hydrogen (secondary N) is 1. The van der Waals surface area contributed by atoms with Crippen molar-refractivity contribution in [1.82, 2.24) is 9.55 Å². The van der Waals surface area contributed by atoms with Crippen molar-refractivity contribution in [3.63, 3.8) is 0 Å². The van der Waals surface area contributed by atoms with Crippen LogP contribution in [0.5, 0.6) is 0 Å². The van der Waals surface area contributed by atoms with Gasteiger partial charge in [-0.15, -0.1) is 0 Å². The molecule has 7 N–H and O–H groups in total. The summed E-state index contributed by atoms with van der Waals surface area (Å²) in [6.07, 6.45) is -3.52. The predicted octanol–water partition coefficient (Wildman–Crippen LogP) is -2.06. The zero-order valence-corrected chi connectivity index (χ0v) is 17.9. The van der Waals surface area contributed by atoms with Gasteiger partial charge >= 0.3 is 29.2 Å². The zero-order chi connectivity index (χ0) is 25.0. The molecule has 1 heterocycles. The Morgan fingerprint density at radius 3 is 2.22 bits per heavy atom. The average Bonchev–Trinajstić information content (AvgIpc) is 2.61. The van der Waals surface area contributed by atoms with Crippen molar-refractivity contribution >= 4 is 23.5 Å². The fourth-order valence-corrected chi connectivity index (χ4v) is 5.04. The van der Waals surface area contributed by atoms with Crippen molar-refractivity contribution in [3.8, 4) is 6.26 Å². The molecule has 32 heavy (non-hydrogen) atoms. The van der Waals surface area contributed by atoms with Crippen LogP contribution in [0.25, 0.3) is 0 Å². The van der Waals surface area contributed by atoms with E-state index in [0.717, 1.165) is 6.26 Å². The first kappa shape index (κ1) is 28.3. The predicted molar refractivity (Wildman–Crippen MR) is 93.8 cm³/mol. The van der Waals surface area contributed by atoms with Gasteiger partial charge in [0.25, 0.3) is 11.8 Å². The molecule has 0 saturated heterocycles. The summed E-state index contributed by atoms with van der Waals surface area (Å²) in [4.78, 5) is 59.9. The van der Waals surface area contributed by atoms with Crippen LogP contribution in [0.15, 0.2) is 21.9 Å². The maximum absolute atomic E-state index is 13.7. The van der Waals surface area contributed by atoms with Gasteiger partial charge in [-0.3, -0.25) is 18.9 Å². The van der Waals surface area contributed by atoms with Crippen LogP contribution >= 0.6 is 23.5 Å². The van der Waals surface area contributed by atoms with Gasteiger partial charge in [-0.2, -0.15) is 13.9 Å². The number of phosphoric ester groups is 1. The van der Waals surface area contributed by atoms with Crippen molar-refractivity contribution < 1.29 is 65.8 Å². The van der Waals surface area contributed by atoms with E-state index < -0.39 is 65.9 Å². The standard InChI is InChI=1S/C10H15FN3O15P3/c11-3-10(26-5-12,7(16)8(17)14-2-1-6(15)13-9(14)18)4-27-31(22,23)29-32(24,25)28-30(19,20)21/h1-2,7-8,16-17H,3-4H2,(H,22,23)(H,24,25)(H,13,15,18)(H2,19,20,21)/t7-,8+,10+/m0/s1. The normalized spacial score (nSPS) is 19.6. The maximum atomic E-state index is 13.7. The largest absolute Gasteiger partial charge is 0.490 e. The molecule has 0 saturated carbocycles. The van der Waals surface area contributed by atoms with Crippen LogP contribution in [0.2, 0.25) is 0 Å². The van der Waals surface area contributed by atoms with Crippen LogP contribution < -0.4 is 11.2 Å². The van der Waals surface area contributed by atoms with Gasteiger partial charge in [0.1, 0.15) is 19.4 Å². The van der Waals surface area contributed by atoms with E-state index in [9.17, 15) is 42.8 Å². The quantitative estimate of drug-likeness (QED) is 0.113. The molecule has 0 spiro atoms. The molecule has 1 aromatic rings. The second kappa shape index (κ2) is 10.4. The summed E-state index contributed by atoms with van der Waals surface area (Å²) in [7, 11) is -17.5. The molecule has 0 radical (unpaired) electrons. The highest BCUT2D eigenvalue weighted by molar-refractivity contribution is 7.66. The summed E-state index contributed by atoms with van der Waals surface area (Å²) in [6.45, 7) is -3.64. The number of phosphoric acid groups is 3. The first-order valence-corrected chi connectivity index (χ1v) is 12.1. The Balaban J connectivity index is 3.16. The number of rotatable bonds is 12. The zero-order valence-electron chi connectivity index (χ0n) is 15.2. The SMILES string of the molecule is N#CO[C@](CF)(COP(=O)(O)OP(=O)(O)OP(=O)(O)O)[C@@H](O)[C@@H](O)n1ccc(=O)[nH]c1=O. The number of halogens is 1. The number of alkyl halides is 1. The summed E-state index contributed by atoms with van der Waals surface area (Å²) >= 11 is 0. The Kier molecular flexibility index (Phi) is 9.22. The number of ether oxygens (including phenoxy) is 1. The highest BCUT2D eigenvalue weighted by atomic mass is 31.3. The molecule has 182 valence electrons. The third-order valence-corrected chi connectivity index (χ3v) is 7.10. The van der Waals surface area contributed by atoms with Crippen molar-refractivity contribution in [1.29, 1.82) is 5.26 Å². The molecule has 1 aromatic heterocycles. The molecule has 1 rings (SSSR count). The number of H-pyrrole nitrogens is 1. The molecule has 0 aliphatic rings. The summed E-state index contributed by atoms with van der Waals surface area (Å²) in [5.74, 6) is 0. The first-order valence-electron chi connectivity index (χ1n) is 7.56. The summed E-state index contributed by atoms with van der Waals surface area (Å²) in [6, 6.07) is 0.714. The number of aromatic amines is 1. The van der Waals surface area contributed by atoms with Crippen LogP contribution in [0.1, 0.15) is 6.23 Å². The van der Waals surface area contributed by atoms with Gasteiger partial charge < -0.3 is 34.5 Å². The smallest absolute Gasteiger partial charge is 0.413 e. The molecule has 5 atom stereocenters. The van der Waals surface area contributed by atoms with Gasteiger partial charge in [-0.25, -0.2) is 22.9 Å². The number of hydrogen-bond acceptors (Lipinski definition) is 12. The number of hydrogen-bond donors (Lipinski definition) is 7. The van der Waals surface area contributed by atoms with E-state index in [2.05, 4.69) is 17.9 Å². The molecule has 0 aliphatic carbocycles. The van der Waals surface area contributed by atoms with Crippen LogP contribution in [0.3, 0.4) is 0 Å². The molecule has 22 heteroatoms. The molecule has 0 bridgehead atoms. The monoisotopic (exact) mass is 529 g/mol. The molecule has 0 fully saturated rings. The number of nitrogens with zero attached hydrogens (tertiary/aromatic N) is 2. The van der Waals surface area contributed by atoms with Crippen molar-refractivity contribution in [3.05, 3.63) is 33.1 Å². The highest BCUT2D eigenvalue weighted by Crippen LogP contribution is 2.66. The van der Waals surface area contributed by atoms with Crippen molar-refractivity contribution in [2.45, 2.75) is 17.9 Å². The third kappa shape index (κ3) is 7.98. The molecule has 2 unspecified atom stereocenters. The average molecular weight is 529 g/mol. The van der Waals surface area contributed by atoms with E-state index in [1.54, 1.807) is 4.98 Å². The minimum atomic E-state index is -5.94. The van der Waals surface area contributed by atoms with E-state index in [1.807, 2.05) is 0 Å². The van der Waals surface area contributed by atoms with E-state index in [1.165, 1.54) is 0 Å². The van der Waals surface area contributed by atoms with Gasteiger partial charge in [0, 0.05) is 12.3 Å². The molecule has 18 nitrogen and oxygen atoms in total. The van der Waals surface area contributed by atoms with Crippen LogP contribution in [-0.4, -0.2) is 64.3 Å². The van der Waals surface area contributed by atoms with Gasteiger partial charge in [0.05, 0.1) is 0 Å². The van der Waals surface area contributed by atoms with Crippen molar-refractivity contribution in [2.24, 2.45) is 0 Å². The number of aliphatic hydroxyl groups excluding tert-OH is 2. The lowest BCUT2D eigenvalue weighted by Crippen LogP contribution is -2.55. The molecular formula is C10H15FN3O15P3. The fraction of sp³-hybridized carbons (Fsp3) is 0.500. The van der Waals surface area contributed by atoms with E-state index in [4.69, 9.17) is 19.9 Å².